The Morgan fingerprint density at radius 3 is 2.69 bits per heavy atom. The molecule has 1 amide bonds. The highest BCUT2D eigenvalue weighted by Crippen LogP contribution is 2.34. The van der Waals surface area contributed by atoms with Gasteiger partial charge in [-0.15, -0.1) is 0 Å². The van der Waals surface area contributed by atoms with Gasteiger partial charge >= 0.3 is 0 Å². The van der Waals surface area contributed by atoms with Gasteiger partial charge in [-0.3, -0.25) is 14.5 Å². The third kappa shape index (κ3) is 4.74. The molecule has 0 spiro atoms. The van der Waals surface area contributed by atoms with Gasteiger partial charge in [-0.05, 0) is 36.8 Å². The molecule has 35 heavy (non-hydrogen) atoms. The molecule has 0 aliphatic carbocycles. The fourth-order valence-electron chi connectivity index (χ4n) is 4.83. The summed E-state index contributed by atoms with van der Waals surface area (Å²) < 4.78 is 19.6. The van der Waals surface area contributed by atoms with E-state index in [1.165, 1.54) is 12.1 Å². The number of carbonyl (C=O) groups is 1. The second-order valence-corrected chi connectivity index (χ2v) is 9.71. The van der Waals surface area contributed by atoms with Gasteiger partial charge in [-0.25, -0.2) is 4.39 Å². The fraction of sp³-hybridized carbons (Fsp3) is 0.308. The Morgan fingerprint density at radius 2 is 1.91 bits per heavy atom. The predicted molar refractivity (Wildman–Crippen MR) is 134 cm³/mol. The molecule has 6 nitrogen and oxygen atoms in total. The van der Waals surface area contributed by atoms with Gasteiger partial charge in [-0.1, -0.05) is 41.4 Å². The number of ether oxygens (including phenoxy) is 1. The van der Waals surface area contributed by atoms with Crippen molar-refractivity contribution in [1.82, 2.24) is 14.8 Å². The maximum atomic E-state index is 13.5. The van der Waals surface area contributed by atoms with E-state index < -0.39 is 5.82 Å². The van der Waals surface area contributed by atoms with Crippen molar-refractivity contribution >= 4 is 29.1 Å². The number of aromatic nitrogens is 1. The number of pyridine rings is 1. The van der Waals surface area contributed by atoms with Crippen LogP contribution in [0.5, 0.6) is 0 Å². The number of rotatable bonds is 3. The van der Waals surface area contributed by atoms with Crippen LogP contribution in [0.2, 0.25) is 10.0 Å². The van der Waals surface area contributed by atoms with E-state index in [1.807, 2.05) is 11.0 Å². The Labute approximate surface area is 212 Å². The van der Waals surface area contributed by atoms with Crippen molar-refractivity contribution in [3.63, 3.8) is 0 Å². The summed E-state index contributed by atoms with van der Waals surface area (Å²) in [6, 6.07) is 13.3. The topological polar surface area (TPSA) is 65.6 Å². The molecule has 2 atom stereocenters. The molecule has 182 valence electrons. The molecule has 2 aromatic carbocycles. The minimum Gasteiger partial charge on any atom is -0.370 e. The van der Waals surface area contributed by atoms with Gasteiger partial charge in [0.1, 0.15) is 5.82 Å². The average molecular weight is 516 g/mol. The molecule has 2 aliphatic heterocycles. The number of aryl methyl sites for hydroxylation is 1. The molecule has 3 aromatic rings. The van der Waals surface area contributed by atoms with Crippen molar-refractivity contribution in [3.8, 4) is 11.1 Å². The third-order valence-electron chi connectivity index (χ3n) is 6.73. The fourth-order valence-corrected chi connectivity index (χ4v) is 5.33. The van der Waals surface area contributed by atoms with Gasteiger partial charge in [0, 0.05) is 49.1 Å². The second kappa shape index (κ2) is 9.74. The normalized spacial score (nSPS) is 20.5. The van der Waals surface area contributed by atoms with Crippen molar-refractivity contribution in [2.24, 2.45) is 0 Å². The summed E-state index contributed by atoms with van der Waals surface area (Å²) >= 11 is 12.7. The highest BCUT2D eigenvalue weighted by molar-refractivity contribution is 6.36. The lowest BCUT2D eigenvalue weighted by Crippen LogP contribution is -2.59. The van der Waals surface area contributed by atoms with Crippen molar-refractivity contribution < 1.29 is 13.9 Å². The van der Waals surface area contributed by atoms with Gasteiger partial charge in [0.05, 0.1) is 34.4 Å². The molecule has 9 heteroatoms. The molecule has 2 fully saturated rings. The number of hydrogen-bond acceptors (Lipinski definition) is 4. The molecular formula is C26H24Cl2FN3O3. The summed E-state index contributed by atoms with van der Waals surface area (Å²) in [6.07, 6.45) is -0.196. The monoisotopic (exact) mass is 515 g/mol. The lowest BCUT2D eigenvalue weighted by Gasteiger charge is -2.46. The largest absolute Gasteiger partial charge is 0.370 e. The van der Waals surface area contributed by atoms with Crippen LogP contribution in [0, 0.1) is 12.7 Å². The summed E-state index contributed by atoms with van der Waals surface area (Å²) in [4.78, 5) is 31.9. The van der Waals surface area contributed by atoms with Crippen LogP contribution in [0.25, 0.3) is 11.1 Å². The number of nitrogens with zero attached hydrogens (tertiary/aromatic N) is 2. The van der Waals surface area contributed by atoms with Crippen LogP contribution in [-0.4, -0.2) is 59.5 Å². The number of aromatic amines is 1. The maximum absolute atomic E-state index is 13.5. The smallest absolute Gasteiger partial charge is 0.255 e. The van der Waals surface area contributed by atoms with E-state index in [1.54, 1.807) is 37.3 Å². The molecule has 2 saturated heterocycles. The Hall–Kier alpha value is -2.71. The minimum atomic E-state index is -0.449. The Morgan fingerprint density at radius 1 is 1.09 bits per heavy atom. The molecule has 0 radical (unpaired) electrons. The van der Waals surface area contributed by atoms with Crippen molar-refractivity contribution in [3.05, 3.63) is 91.6 Å². The van der Waals surface area contributed by atoms with E-state index in [0.717, 1.165) is 11.1 Å². The van der Waals surface area contributed by atoms with E-state index >= 15 is 0 Å². The van der Waals surface area contributed by atoms with Crippen molar-refractivity contribution in [1.29, 1.82) is 0 Å². The van der Waals surface area contributed by atoms with E-state index in [0.29, 0.717) is 54.6 Å². The molecule has 5 rings (SSSR count). The molecule has 3 heterocycles. The first-order valence-corrected chi connectivity index (χ1v) is 12.2. The van der Waals surface area contributed by atoms with Gasteiger partial charge in [-0.2, -0.15) is 0 Å². The van der Waals surface area contributed by atoms with Crippen LogP contribution >= 0.6 is 23.2 Å². The van der Waals surface area contributed by atoms with Crippen LogP contribution in [0.3, 0.4) is 0 Å². The average Bonchev–Trinajstić information content (AvgIpc) is 2.85. The SMILES string of the molecule is Cc1[nH]c(=O)ccc1-c1cccc(C(=O)N2CCN3C[C@@H](c4ccc(F)c(Cl)c4)OC[C@@H]3C2)c1Cl. The van der Waals surface area contributed by atoms with E-state index in [-0.39, 0.29) is 28.6 Å². The zero-order chi connectivity index (χ0) is 24.7. The predicted octanol–water partition coefficient (Wildman–Crippen LogP) is 4.69. The Balaban J connectivity index is 1.30. The second-order valence-electron chi connectivity index (χ2n) is 8.92. The number of H-pyrrole nitrogens is 1. The number of morpholine rings is 1. The summed E-state index contributed by atoms with van der Waals surface area (Å²) in [5.41, 5.74) is 3.25. The molecular weight excluding hydrogens is 492 g/mol. The number of piperazine rings is 1. The van der Waals surface area contributed by atoms with Gasteiger partial charge in [0.15, 0.2) is 0 Å². The lowest BCUT2D eigenvalue weighted by atomic mass is 10.00. The zero-order valence-corrected chi connectivity index (χ0v) is 20.6. The first-order chi connectivity index (χ1) is 16.8. The number of nitrogens with one attached hydrogen (secondary N) is 1. The van der Waals surface area contributed by atoms with Crippen molar-refractivity contribution in [2.45, 2.75) is 19.1 Å². The standard InChI is InChI=1S/C26H24Cl2FN3O3/c1-15-18(6-8-24(33)30-15)19-3-2-4-20(25(19)28)26(34)32-10-9-31-13-23(35-14-17(31)12-32)16-5-7-22(29)21(27)11-16/h2-8,11,17,23H,9-10,12-14H2,1H3,(H,30,33)/t17-,23-/m0/s1. The summed E-state index contributed by atoms with van der Waals surface area (Å²) in [5, 5.41) is 0.447. The molecule has 1 aromatic heterocycles. The van der Waals surface area contributed by atoms with E-state index in [4.69, 9.17) is 27.9 Å². The Bertz CT molecular complexity index is 1350. The van der Waals surface area contributed by atoms with Gasteiger partial charge < -0.3 is 14.6 Å². The van der Waals surface area contributed by atoms with Crippen LogP contribution in [0.4, 0.5) is 4.39 Å². The van der Waals surface area contributed by atoms with E-state index in [2.05, 4.69) is 9.88 Å². The van der Waals surface area contributed by atoms with Gasteiger partial charge in [0.2, 0.25) is 5.56 Å². The lowest BCUT2D eigenvalue weighted by molar-refractivity contribution is -0.0858. The zero-order valence-electron chi connectivity index (χ0n) is 19.1. The first kappa shape index (κ1) is 24.0. The number of carbonyl (C=O) groups excluding carboxylic acids is 1. The number of hydrogen-bond donors (Lipinski definition) is 1. The molecule has 2 aliphatic rings. The van der Waals surface area contributed by atoms with E-state index in [9.17, 15) is 14.0 Å². The molecule has 0 saturated carbocycles. The molecule has 0 bridgehead atoms. The molecule has 1 N–H and O–H groups in total. The highest BCUT2D eigenvalue weighted by atomic mass is 35.5. The van der Waals surface area contributed by atoms with Gasteiger partial charge in [0.25, 0.3) is 5.91 Å². The highest BCUT2D eigenvalue weighted by Gasteiger charge is 2.36. The quantitative estimate of drug-likeness (QED) is 0.549. The summed E-state index contributed by atoms with van der Waals surface area (Å²) in [5.74, 6) is -0.583. The summed E-state index contributed by atoms with van der Waals surface area (Å²) in [7, 11) is 0. The van der Waals surface area contributed by atoms with Crippen LogP contribution < -0.4 is 5.56 Å². The maximum Gasteiger partial charge on any atom is 0.255 e. The summed E-state index contributed by atoms with van der Waals surface area (Å²) in [6.45, 7) is 4.68. The first-order valence-electron chi connectivity index (χ1n) is 11.4. The number of benzene rings is 2. The van der Waals surface area contributed by atoms with Crippen LogP contribution in [-0.2, 0) is 4.74 Å². The molecule has 0 unspecified atom stereocenters. The van der Waals surface area contributed by atoms with Crippen LogP contribution in [0.15, 0.2) is 53.3 Å². The van der Waals surface area contributed by atoms with Crippen molar-refractivity contribution in [2.75, 3.05) is 32.8 Å². The Kier molecular flexibility index (Phi) is 6.68. The number of amides is 1. The minimum absolute atomic E-state index is 0.0586. The number of fused-ring (bicyclic) bond motifs is 1. The van der Waals surface area contributed by atoms with Crippen LogP contribution in [0.1, 0.15) is 27.7 Å². The number of halogens is 3. The third-order valence-corrected chi connectivity index (χ3v) is 7.43.